The Morgan fingerprint density at radius 2 is 2.20 bits per heavy atom. The molecule has 108 valence electrons. The lowest BCUT2D eigenvalue weighted by Crippen LogP contribution is -2.29. The summed E-state index contributed by atoms with van der Waals surface area (Å²) in [6, 6.07) is 3.06. The molecular formula is C12H15F2N5O. The van der Waals surface area contributed by atoms with Crippen molar-refractivity contribution in [2.24, 2.45) is 0 Å². The Kier molecular flexibility index (Phi) is 4.11. The van der Waals surface area contributed by atoms with Gasteiger partial charge in [0.15, 0.2) is 0 Å². The minimum absolute atomic E-state index is 0.141. The highest BCUT2D eigenvalue weighted by Crippen LogP contribution is 2.14. The summed E-state index contributed by atoms with van der Waals surface area (Å²) in [5.41, 5.74) is 0.559. The Morgan fingerprint density at radius 3 is 2.80 bits per heavy atom. The number of halogens is 2. The molecule has 0 unspecified atom stereocenters. The first-order chi connectivity index (χ1) is 9.52. The Bertz CT molecular complexity index is 592. The molecule has 0 radical (unpaired) electrons. The number of alkyl halides is 2. The summed E-state index contributed by atoms with van der Waals surface area (Å²) >= 11 is 0. The van der Waals surface area contributed by atoms with Crippen molar-refractivity contribution < 1.29 is 13.6 Å². The van der Waals surface area contributed by atoms with Crippen LogP contribution in [0.15, 0.2) is 24.5 Å². The number of carbonyl (C=O) groups is 1. The van der Waals surface area contributed by atoms with Crippen molar-refractivity contribution in [3.8, 4) is 0 Å². The molecule has 0 aromatic carbocycles. The van der Waals surface area contributed by atoms with Crippen LogP contribution in [-0.2, 0) is 13.1 Å². The van der Waals surface area contributed by atoms with Crippen LogP contribution in [0.3, 0.4) is 0 Å². The van der Waals surface area contributed by atoms with Gasteiger partial charge in [-0.05, 0) is 19.1 Å². The lowest BCUT2D eigenvalue weighted by molar-refractivity contribution is 0.0472. The number of aryl methyl sites for hydroxylation is 1. The first kappa shape index (κ1) is 14.2. The van der Waals surface area contributed by atoms with E-state index in [1.807, 2.05) is 6.92 Å². The summed E-state index contributed by atoms with van der Waals surface area (Å²) in [5.74, 6) is -0.520. The van der Waals surface area contributed by atoms with E-state index in [2.05, 4.69) is 10.2 Å². The van der Waals surface area contributed by atoms with Crippen LogP contribution in [0.5, 0.6) is 0 Å². The average molecular weight is 283 g/mol. The molecule has 20 heavy (non-hydrogen) atoms. The largest absolute Gasteiger partial charge is 0.334 e. The maximum atomic E-state index is 12.7. The summed E-state index contributed by atoms with van der Waals surface area (Å²) in [7, 11) is 1.54. The topological polar surface area (TPSA) is 56.0 Å². The third kappa shape index (κ3) is 2.84. The van der Waals surface area contributed by atoms with Crippen LogP contribution >= 0.6 is 0 Å². The van der Waals surface area contributed by atoms with Crippen molar-refractivity contribution in [3.05, 3.63) is 35.9 Å². The fraction of sp³-hybridized carbons (Fsp3) is 0.417. The molecule has 0 aliphatic heterocycles. The normalized spacial score (nSPS) is 11.1. The van der Waals surface area contributed by atoms with Crippen LogP contribution in [0.2, 0.25) is 0 Å². The lowest BCUT2D eigenvalue weighted by atomic mass is 10.3. The highest BCUT2D eigenvalue weighted by molar-refractivity contribution is 5.92. The van der Waals surface area contributed by atoms with E-state index >= 15 is 0 Å². The summed E-state index contributed by atoms with van der Waals surface area (Å²) in [6.07, 6.45) is 2.98. The molecule has 0 atom stereocenters. The second-order valence-electron chi connectivity index (χ2n) is 4.26. The maximum Gasteiger partial charge on any atom is 0.333 e. The number of carbonyl (C=O) groups excluding carboxylic acids is 1. The molecule has 2 aromatic rings. The molecule has 2 rings (SSSR count). The van der Waals surface area contributed by atoms with E-state index in [1.165, 1.54) is 24.2 Å². The van der Waals surface area contributed by atoms with Gasteiger partial charge in [0.2, 0.25) is 0 Å². The first-order valence-corrected chi connectivity index (χ1v) is 6.12. The summed E-state index contributed by atoms with van der Waals surface area (Å²) in [6.45, 7) is 0.0970. The van der Waals surface area contributed by atoms with E-state index in [-0.39, 0.29) is 12.2 Å². The molecule has 0 spiro atoms. The van der Waals surface area contributed by atoms with E-state index in [0.717, 1.165) is 6.54 Å². The summed E-state index contributed by atoms with van der Waals surface area (Å²) in [4.78, 5) is 13.4. The molecule has 2 aromatic heterocycles. The van der Waals surface area contributed by atoms with Gasteiger partial charge >= 0.3 is 6.55 Å². The van der Waals surface area contributed by atoms with Crippen LogP contribution in [0.4, 0.5) is 8.78 Å². The van der Waals surface area contributed by atoms with Gasteiger partial charge in [0.05, 0.1) is 12.2 Å². The molecule has 8 heteroatoms. The molecule has 0 saturated carbocycles. The van der Waals surface area contributed by atoms with Crippen LogP contribution in [-0.4, -0.2) is 37.4 Å². The van der Waals surface area contributed by atoms with Crippen molar-refractivity contribution in [3.63, 3.8) is 0 Å². The standard InChI is InChI=1S/C12H15F2N5O/c1-3-18-7-5-9(16-18)8-17(2)11(20)10-4-6-15-19(10)12(13)14/h4-7,12H,3,8H2,1-2H3. The SMILES string of the molecule is CCn1ccc(CN(C)C(=O)c2ccnn2C(F)F)n1. The molecule has 0 N–H and O–H groups in total. The van der Waals surface area contributed by atoms with E-state index in [0.29, 0.717) is 10.4 Å². The molecule has 0 fully saturated rings. The zero-order valence-corrected chi connectivity index (χ0v) is 11.2. The molecule has 0 aliphatic carbocycles. The predicted molar refractivity (Wildman–Crippen MR) is 67.2 cm³/mol. The van der Waals surface area contributed by atoms with Crippen LogP contribution < -0.4 is 0 Å². The van der Waals surface area contributed by atoms with Crippen molar-refractivity contribution in [2.75, 3.05) is 7.05 Å². The van der Waals surface area contributed by atoms with Crippen LogP contribution in [0.1, 0.15) is 29.7 Å². The Hall–Kier alpha value is -2.25. The molecular weight excluding hydrogens is 268 g/mol. The van der Waals surface area contributed by atoms with Crippen LogP contribution in [0.25, 0.3) is 0 Å². The Morgan fingerprint density at radius 1 is 1.45 bits per heavy atom. The summed E-state index contributed by atoms with van der Waals surface area (Å²) < 4.78 is 27.5. The minimum Gasteiger partial charge on any atom is -0.334 e. The molecule has 6 nitrogen and oxygen atoms in total. The van der Waals surface area contributed by atoms with Gasteiger partial charge in [-0.1, -0.05) is 0 Å². The summed E-state index contributed by atoms with van der Waals surface area (Å²) in [5, 5.41) is 7.69. The predicted octanol–water partition coefficient (Wildman–Crippen LogP) is 1.77. The molecule has 0 bridgehead atoms. The lowest BCUT2D eigenvalue weighted by Gasteiger charge is -2.16. The molecule has 2 heterocycles. The van der Waals surface area contributed by atoms with Crippen molar-refractivity contribution in [1.29, 1.82) is 0 Å². The zero-order valence-electron chi connectivity index (χ0n) is 11.2. The maximum absolute atomic E-state index is 12.7. The van der Waals surface area contributed by atoms with Gasteiger partial charge in [0, 0.05) is 26.0 Å². The van der Waals surface area contributed by atoms with E-state index in [4.69, 9.17) is 0 Å². The number of rotatable bonds is 5. The quantitative estimate of drug-likeness (QED) is 0.840. The van der Waals surface area contributed by atoms with E-state index in [1.54, 1.807) is 16.9 Å². The highest BCUT2D eigenvalue weighted by Gasteiger charge is 2.21. The fourth-order valence-electron chi connectivity index (χ4n) is 1.81. The molecule has 0 aliphatic rings. The number of aromatic nitrogens is 4. The monoisotopic (exact) mass is 283 g/mol. The smallest absolute Gasteiger partial charge is 0.333 e. The third-order valence-electron chi connectivity index (χ3n) is 2.84. The third-order valence-corrected chi connectivity index (χ3v) is 2.84. The van der Waals surface area contributed by atoms with Crippen molar-refractivity contribution >= 4 is 5.91 Å². The Balaban J connectivity index is 2.10. The van der Waals surface area contributed by atoms with Gasteiger partial charge in [-0.2, -0.15) is 23.7 Å². The van der Waals surface area contributed by atoms with Crippen molar-refractivity contribution in [2.45, 2.75) is 26.6 Å². The number of hydrogen-bond donors (Lipinski definition) is 0. The second kappa shape index (κ2) is 5.81. The van der Waals surface area contributed by atoms with Gasteiger partial charge < -0.3 is 4.90 Å². The number of amides is 1. The van der Waals surface area contributed by atoms with Crippen LogP contribution in [0, 0.1) is 0 Å². The number of hydrogen-bond acceptors (Lipinski definition) is 3. The van der Waals surface area contributed by atoms with E-state index < -0.39 is 12.5 Å². The second-order valence-corrected chi connectivity index (χ2v) is 4.26. The van der Waals surface area contributed by atoms with Gasteiger partial charge in [-0.25, -0.2) is 0 Å². The molecule has 1 amide bonds. The van der Waals surface area contributed by atoms with E-state index in [9.17, 15) is 13.6 Å². The zero-order chi connectivity index (χ0) is 14.7. The highest BCUT2D eigenvalue weighted by atomic mass is 19.3. The van der Waals surface area contributed by atoms with Gasteiger partial charge in [-0.3, -0.25) is 9.48 Å². The van der Waals surface area contributed by atoms with Gasteiger partial charge in [0.25, 0.3) is 5.91 Å². The van der Waals surface area contributed by atoms with Gasteiger partial charge in [0.1, 0.15) is 5.69 Å². The number of nitrogens with zero attached hydrogens (tertiary/aromatic N) is 5. The first-order valence-electron chi connectivity index (χ1n) is 6.12. The van der Waals surface area contributed by atoms with Gasteiger partial charge in [-0.15, -0.1) is 0 Å². The molecule has 0 saturated heterocycles. The average Bonchev–Trinajstić information content (AvgIpc) is 3.06. The fourth-order valence-corrected chi connectivity index (χ4v) is 1.81. The van der Waals surface area contributed by atoms with Crippen molar-refractivity contribution in [1.82, 2.24) is 24.5 Å². The Labute approximate surface area is 114 Å². The minimum atomic E-state index is -2.84.